The largest absolute Gasteiger partial charge is 0.462 e. The molecule has 0 amide bonds. The highest BCUT2D eigenvalue weighted by Gasteiger charge is 2.46. The number of aliphatic hydroxyl groups excluding tert-OH is 3. The van der Waals surface area contributed by atoms with E-state index < -0.39 is 71.2 Å². The molecule has 2 unspecified atom stereocenters. The Bertz CT molecular complexity index is 1030. The van der Waals surface area contributed by atoms with Crippen molar-refractivity contribution in [1.82, 2.24) is 0 Å². The quantitative estimate of drug-likeness (QED) is 0.0272. The molecule has 0 radical (unpaired) electrons. The first kappa shape index (κ1) is 50.7. The lowest BCUT2D eigenvalue weighted by Gasteiger charge is -2.40. The van der Waals surface area contributed by atoms with Gasteiger partial charge < -0.3 is 34.3 Å². The van der Waals surface area contributed by atoms with Crippen LogP contribution in [0.2, 0.25) is 0 Å². The van der Waals surface area contributed by atoms with Gasteiger partial charge in [-0.25, -0.2) is 0 Å². The van der Waals surface area contributed by atoms with Crippen LogP contribution in [0.3, 0.4) is 0 Å². The molecule has 320 valence electrons. The standard InChI is InChI=1S/C41H78O12S/c1-3-5-7-9-11-13-14-15-16-17-18-19-20-22-23-25-27-29-36(42)50-31-34(52-37(43)30-28-26-24-21-12-10-8-6-4-2)32-51-41-40(46)39(45)38(44)35(53-41)33-54(47,48)49/h34-35,38-41,44-46H,3-33H2,1-2H3,(H,47,48,49)/t34-,35-,38-,39?,40?,41+/m1/s1. The van der Waals surface area contributed by atoms with E-state index in [-0.39, 0.29) is 19.4 Å². The summed E-state index contributed by atoms with van der Waals surface area (Å²) in [6, 6.07) is 0. The first-order valence-electron chi connectivity index (χ1n) is 21.6. The number of hydrogen-bond donors (Lipinski definition) is 4. The van der Waals surface area contributed by atoms with Crippen LogP contribution >= 0.6 is 0 Å². The minimum atomic E-state index is -4.59. The van der Waals surface area contributed by atoms with Gasteiger partial charge in [-0.15, -0.1) is 0 Å². The van der Waals surface area contributed by atoms with Crippen molar-refractivity contribution in [3.8, 4) is 0 Å². The molecular weight excluding hydrogens is 717 g/mol. The van der Waals surface area contributed by atoms with E-state index in [1.165, 1.54) is 116 Å². The highest BCUT2D eigenvalue weighted by molar-refractivity contribution is 7.85. The molecule has 54 heavy (non-hydrogen) atoms. The minimum absolute atomic E-state index is 0.170. The van der Waals surface area contributed by atoms with Crippen molar-refractivity contribution in [2.75, 3.05) is 19.0 Å². The van der Waals surface area contributed by atoms with Crippen LogP contribution in [-0.4, -0.2) is 96.0 Å². The highest BCUT2D eigenvalue weighted by atomic mass is 32.2. The van der Waals surface area contributed by atoms with Crippen molar-refractivity contribution >= 4 is 22.1 Å². The van der Waals surface area contributed by atoms with E-state index in [9.17, 15) is 37.9 Å². The van der Waals surface area contributed by atoms with Gasteiger partial charge in [0.15, 0.2) is 12.4 Å². The summed E-state index contributed by atoms with van der Waals surface area (Å²) in [4.78, 5) is 25.3. The maximum Gasteiger partial charge on any atom is 0.306 e. The summed E-state index contributed by atoms with van der Waals surface area (Å²) in [7, 11) is -4.59. The van der Waals surface area contributed by atoms with Crippen LogP contribution < -0.4 is 0 Å². The number of hydrogen-bond acceptors (Lipinski definition) is 11. The Morgan fingerprint density at radius 3 is 1.35 bits per heavy atom. The van der Waals surface area contributed by atoms with Gasteiger partial charge in [-0.05, 0) is 12.8 Å². The number of unbranched alkanes of at least 4 members (excludes halogenated alkanes) is 24. The molecule has 1 fully saturated rings. The number of carbonyl (C=O) groups is 2. The molecule has 0 aliphatic carbocycles. The molecule has 1 saturated heterocycles. The normalized spacial score (nSPS) is 20.9. The van der Waals surface area contributed by atoms with Crippen LogP contribution in [0.4, 0.5) is 0 Å². The average molecular weight is 795 g/mol. The minimum Gasteiger partial charge on any atom is -0.462 e. The first-order chi connectivity index (χ1) is 26.0. The molecule has 0 aromatic heterocycles. The van der Waals surface area contributed by atoms with Gasteiger partial charge in [-0.1, -0.05) is 168 Å². The summed E-state index contributed by atoms with van der Waals surface area (Å²) in [5.74, 6) is -1.97. The number of aliphatic hydroxyl groups is 3. The fourth-order valence-electron chi connectivity index (χ4n) is 6.79. The third-order valence-corrected chi connectivity index (χ3v) is 10.9. The van der Waals surface area contributed by atoms with E-state index in [0.717, 1.165) is 38.5 Å². The van der Waals surface area contributed by atoms with Crippen LogP contribution in [0.15, 0.2) is 0 Å². The third-order valence-electron chi connectivity index (χ3n) is 10.2. The molecular formula is C41H78O12S. The lowest BCUT2D eigenvalue weighted by atomic mass is 10.00. The zero-order valence-electron chi connectivity index (χ0n) is 33.8. The van der Waals surface area contributed by atoms with E-state index in [1.807, 2.05) is 0 Å². The Morgan fingerprint density at radius 1 is 0.556 bits per heavy atom. The summed E-state index contributed by atoms with van der Waals surface area (Å²) in [6.07, 6.45) is 21.7. The van der Waals surface area contributed by atoms with E-state index in [0.29, 0.717) is 12.8 Å². The summed E-state index contributed by atoms with van der Waals surface area (Å²) in [5.41, 5.74) is 0. The molecule has 1 aliphatic heterocycles. The van der Waals surface area contributed by atoms with Crippen molar-refractivity contribution in [1.29, 1.82) is 0 Å². The Labute approximate surface area is 327 Å². The molecule has 1 heterocycles. The Balaban J connectivity index is 2.41. The lowest BCUT2D eigenvalue weighted by molar-refractivity contribution is -0.297. The zero-order valence-corrected chi connectivity index (χ0v) is 34.7. The molecule has 0 aromatic carbocycles. The topological polar surface area (TPSA) is 186 Å². The summed E-state index contributed by atoms with van der Waals surface area (Å²) >= 11 is 0. The zero-order chi connectivity index (χ0) is 39.9. The summed E-state index contributed by atoms with van der Waals surface area (Å²) < 4.78 is 53.9. The molecule has 0 aromatic rings. The fraction of sp³-hybridized carbons (Fsp3) is 0.951. The van der Waals surface area contributed by atoms with Gasteiger partial charge in [0.1, 0.15) is 36.8 Å². The van der Waals surface area contributed by atoms with Crippen molar-refractivity contribution < 1.29 is 56.8 Å². The molecule has 12 nitrogen and oxygen atoms in total. The molecule has 13 heteroatoms. The van der Waals surface area contributed by atoms with Gasteiger partial charge in [0.25, 0.3) is 10.1 Å². The van der Waals surface area contributed by atoms with Gasteiger partial charge in [0.05, 0.1) is 6.61 Å². The fourth-order valence-corrected chi connectivity index (χ4v) is 7.49. The smallest absolute Gasteiger partial charge is 0.306 e. The predicted octanol–water partition coefficient (Wildman–Crippen LogP) is 8.12. The molecule has 6 atom stereocenters. The van der Waals surface area contributed by atoms with Crippen molar-refractivity contribution in [2.24, 2.45) is 0 Å². The van der Waals surface area contributed by atoms with Gasteiger partial charge in [0.2, 0.25) is 0 Å². The van der Waals surface area contributed by atoms with Crippen molar-refractivity contribution in [3.05, 3.63) is 0 Å². The maximum atomic E-state index is 12.7. The second-order valence-electron chi connectivity index (χ2n) is 15.4. The van der Waals surface area contributed by atoms with Crippen LogP contribution in [0.25, 0.3) is 0 Å². The van der Waals surface area contributed by atoms with Gasteiger partial charge >= 0.3 is 11.9 Å². The summed E-state index contributed by atoms with van der Waals surface area (Å²) in [5, 5.41) is 30.8. The average Bonchev–Trinajstić information content (AvgIpc) is 3.13. The predicted molar refractivity (Wildman–Crippen MR) is 211 cm³/mol. The van der Waals surface area contributed by atoms with Crippen molar-refractivity contribution in [3.63, 3.8) is 0 Å². The van der Waals surface area contributed by atoms with E-state index in [1.54, 1.807) is 0 Å². The number of esters is 2. The van der Waals surface area contributed by atoms with Crippen LogP contribution in [-0.2, 0) is 38.7 Å². The molecule has 1 rings (SSSR count). The van der Waals surface area contributed by atoms with E-state index in [4.69, 9.17) is 18.9 Å². The maximum absolute atomic E-state index is 12.7. The Hall–Kier alpha value is -1.35. The number of carbonyl (C=O) groups excluding carboxylic acids is 2. The molecule has 0 bridgehead atoms. The van der Waals surface area contributed by atoms with Crippen LogP contribution in [0, 0.1) is 0 Å². The van der Waals surface area contributed by atoms with Crippen LogP contribution in [0.5, 0.6) is 0 Å². The molecule has 0 spiro atoms. The van der Waals surface area contributed by atoms with Gasteiger partial charge in [0, 0.05) is 12.8 Å². The second kappa shape index (κ2) is 32.7. The number of ether oxygens (including phenoxy) is 4. The Kier molecular flexibility index (Phi) is 30.7. The van der Waals surface area contributed by atoms with Crippen molar-refractivity contribution in [2.45, 2.75) is 230 Å². The molecule has 4 N–H and O–H groups in total. The number of rotatable bonds is 36. The van der Waals surface area contributed by atoms with Gasteiger partial charge in [-0.3, -0.25) is 14.1 Å². The van der Waals surface area contributed by atoms with E-state index in [2.05, 4.69) is 13.8 Å². The van der Waals surface area contributed by atoms with Crippen LogP contribution in [0.1, 0.15) is 194 Å². The SMILES string of the molecule is CCCCCCCCCCCCCCCCCCCC(=O)OC[C@H](CO[C@H]1O[C@H](CS(=O)(=O)O)[C@@H](O)C(O)C1O)OC(=O)CCCCCCCCCCC. The van der Waals surface area contributed by atoms with E-state index >= 15 is 0 Å². The van der Waals surface area contributed by atoms with Gasteiger partial charge in [-0.2, -0.15) is 8.42 Å². The summed E-state index contributed by atoms with van der Waals surface area (Å²) in [6.45, 7) is 3.74. The second-order valence-corrected chi connectivity index (χ2v) is 16.9. The highest BCUT2D eigenvalue weighted by Crippen LogP contribution is 2.24. The lowest BCUT2D eigenvalue weighted by Crippen LogP contribution is -2.60. The first-order valence-corrected chi connectivity index (χ1v) is 23.2. The molecule has 1 aliphatic rings. The molecule has 0 saturated carbocycles. The third kappa shape index (κ3) is 27.3. The Morgan fingerprint density at radius 2 is 0.944 bits per heavy atom. The monoisotopic (exact) mass is 795 g/mol.